The van der Waals surface area contributed by atoms with Crippen molar-refractivity contribution < 1.29 is 23.9 Å². The van der Waals surface area contributed by atoms with Crippen molar-refractivity contribution in [3.8, 4) is 5.75 Å². The van der Waals surface area contributed by atoms with E-state index in [-0.39, 0.29) is 36.7 Å². The van der Waals surface area contributed by atoms with Crippen molar-refractivity contribution in [1.29, 1.82) is 0 Å². The minimum absolute atomic E-state index is 0.00729. The van der Waals surface area contributed by atoms with E-state index in [2.05, 4.69) is 20.9 Å². The van der Waals surface area contributed by atoms with E-state index in [0.29, 0.717) is 53.5 Å². The predicted molar refractivity (Wildman–Crippen MR) is 158 cm³/mol. The second-order valence-electron chi connectivity index (χ2n) is 10.9. The van der Waals surface area contributed by atoms with Gasteiger partial charge in [0, 0.05) is 36.5 Å². The molecule has 2 fully saturated rings. The van der Waals surface area contributed by atoms with Crippen LogP contribution in [0.5, 0.6) is 5.75 Å². The lowest BCUT2D eigenvalue weighted by atomic mass is 9.94. The molecule has 0 spiro atoms. The topological polar surface area (TPSA) is 112 Å². The Hall–Kier alpha value is -3.34. The maximum absolute atomic E-state index is 13.5. The molecule has 0 radical (unpaired) electrons. The predicted octanol–water partition coefficient (Wildman–Crippen LogP) is 4.36. The molecule has 0 aliphatic carbocycles. The number of ether oxygens (including phenoxy) is 2. The van der Waals surface area contributed by atoms with Gasteiger partial charge in [0.15, 0.2) is 0 Å². The second-order valence-corrected chi connectivity index (χ2v) is 11.4. The molecule has 11 heteroatoms. The number of likely N-dealkylation sites (N-methyl/N-ethyl adjacent to an activating group) is 1. The molecule has 0 bridgehead atoms. The molecule has 3 aliphatic rings. The van der Waals surface area contributed by atoms with Crippen molar-refractivity contribution in [2.24, 2.45) is 0 Å². The van der Waals surface area contributed by atoms with E-state index in [1.54, 1.807) is 54.4 Å². The first-order chi connectivity index (χ1) is 19.9. The summed E-state index contributed by atoms with van der Waals surface area (Å²) in [6, 6.07) is 11.1. The molecule has 3 atom stereocenters. The summed E-state index contributed by atoms with van der Waals surface area (Å²) in [5, 5.41) is 9.12. The van der Waals surface area contributed by atoms with Gasteiger partial charge in [-0.1, -0.05) is 18.0 Å². The average Bonchev–Trinajstić information content (AvgIpc) is 2.97. The van der Waals surface area contributed by atoms with Gasteiger partial charge < -0.3 is 35.2 Å². The Morgan fingerprint density at radius 3 is 2.51 bits per heavy atom. The van der Waals surface area contributed by atoms with Crippen LogP contribution in [0.15, 0.2) is 42.5 Å². The summed E-state index contributed by atoms with van der Waals surface area (Å²) in [6.45, 7) is 4.00. The van der Waals surface area contributed by atoms with Gasteiger partial charge in [-0.25, -0.2) is 4.79 Å². The minimum atomic E-state index is -0.442. The number of anilines is 2. The molecule has 2 saturated heterocycles. The summed E-state index contributed by atoms with van der Waals surface area (Å²) in [7, 11) is 1.76. The fraction of sp³-hybridized carbons (Fsp3) is 0.500. The van der Waals surface area contributed by atoms with Crippen LogP contribution in [0.2, 0.25) is 5.02 Å². The summed E-state index contributed by atoms with van der Waals surface area (Å²) in [5.41, 5.74) is 1.42. The number of amides is 4. The van der Waals surface area contributed by atoms with Gasteiger partial charge >= 0.3 is 6.03 Å². The van der Waals surface area contributed by atoms with Gasteiger partial charge in [-0.15, -0.1) is 0 Å². The number of rotatable bonds is 7. The molecular formula is C30H38ClN5O5. The highest BCUT2D eigenvalue weighted by atomic mass is 35.5. The lowest BCUT2D eigenvalue weighted by molar-refractivity contribution is -0.134. The number of benzene rings is 2. The molecule has 220 valence electrons. The Bertz CT molecular complexity index is 1240. The standard InChI is InChI=1S/C30H38ClN5O5/c1-35-25-11-10-23(18-28(37)32-13-16-36-14-3-2-4-15-36)41-27(25)19-40-26-12-9-22(17-24(26)29(35)38)34-30(39)33-21-7-5-20(31)6-8-21/h5-9,12,17,23,25,27H,2-4,10-11,13-16,18-19H2,1H3,(H,32,37)(H2,33,34,39)/t23-,25-,27-/m0/s1. The molecular weight excluding hydrogens is 546 g/mol. The van der Waals surface area contributed by atoms with Crippen LogP contribution in [-0.4, -0.2) is 85.7 Å². The van der Waals surface area contributed by atoms with Crippen LogP contribution in [0.1, 0.15) is 48.9 Å². The number of hydrogen-bond acceptors (Lipinski definition) is 6. The summed E-state index contributed by atoms with van der Waals surface area (Å²) < 4.78 is 12.4. The highest BCUT2D eigenvalue weighted by Gasteiger charge is 2.39. The molecule has 0 aromatic heterocycles. The number of hydrogen-bond donors (Lipinski definition) is 3. The zero-order valence-electron chi connectivity index (χ0n) is 23.4. The smallest absolute Gasteiger partial charge is 0.323 e. The van der Waals surface area contributed by atoms with Crippen LogP contribution in [0.3, 0.4) is 0 Å². The summed E-state index contributed by atoms with van der Waals surface area (Å²) in [6.07, 6.45) is 4.87. The van der Waals surface area contributed by atoms with Gasteiger partial charge in [0.1, 0.15) is 18.5 Å². The van der Waals surface area contributed by atoms with Gasteiger partial charge in [-0.3, -0.25) is 9.59 Å². The quantitative estimate of drug-likeness (QED) is 0.447. The van der Waals surface area contributed by atoms with E-state index < -0.39 is 6.03 Å². The van der Waals surface area contributed by atoms with Crippen LogP contribution in [0, 0.1) is 0 Å². The lowest BCUT2D eigenvalue weighted by Crippen LogP contribution is -2.54. The molecule has 3 aliphatic heterocycles. The van der Waals surface area contributed by atoms with Crippen molar-refractivity contribution >= 4 is 40.8 Å². The maximum atomic E-state index is 13.5. The highest BCUT2D eigenvalue weighted by Crippen LogP contribution is 2.32. The summed E-state index contributed by atoms with van der Waals surface area (Å²) in [4.78, 5) is 42.7. The van der Waals surface area contributed by atoms with E-state index >= 15 is 0 Å². The number of nitrogens with zero attached hydrogens (tertiary/aromatic N) is 2. The monoisotopic (exact) mass is 583 g/mol. The van der Waals surface area contributed by atoms with Gasteiger partial charge in [-0.05, 0) is 81.2 Å². The molecule has 5 rings (SSSR count). The van der Waals surface area contributed by atoms with Crippen molar-refractivity contribution in [2.75, 3.05) is 50.5 Å². The van der Waals surface area contributed by atoms with E-state index in [9.17, 15) is 14.4 Å². The second kappa shape index (κ2) is 13.5. The number of fused-ring (bicyclic) bond motifs is 2. The molecule has 0 saturated carbocycles. The Kier molecular flexibility index (Phi) is 9.64. The SMILES string of the molecule is CN1C(=O)c2cc(NC(=O)Nc3ccc(Cl)cc3)ccc2OC[C@@H]2O[C@H](CC(=O)NCCN3CCCCC3)CC[C@@H]21. The Morgan fingerprint density at radius 2 is 1.73 bits per heavy atom. The van der Waals surface area contributed by atoms with Crippen LogP contribution < -0.4 is 20.7 Å². The number of nitrogens with one attached hydrogen (secondary N) is 3. The largest absolute Gasteiger partial charge is 0.490 e. The number of piperidine rings is 1. The highest BCUT2D eigenvalue weighted by molar-refractivity contribution is 6.30. The number of urea groups is 1. The third kappa shape index (κ3) is 7.69. The van der Waals surface area contributed by atoms with Gasteiger partial charge in [0.2, 0.25) is 5.91 Å². The fourth-order valence-electron chi connectivity index (χ4n) is 5.75. The number of halogens is 1. The Morgan fingerprint density at radius 1 is 1.00 bits per heavy atom. The van der Waals surface area contributed by atoms with Gasteiger partial charge in [-0.2, -0.15) is 0 Å². The zero-order chi connectivity index (χ0) is 28.8. The third-order valence-electron chi connectivity index (χ3n) is 7.98. The first kappa shape index (κ1) is 29.2. The molecule has 3 N–H and O–H groups in total. The summed E-state index contributed by atoms with van der Waals surface area (Å²) >= 11 is 5.90. The third-order valence-corrected chi connectivity index (χ3v) is 8.24. The first-order valence-corrected chi connectivity index (χ1v) is 14.8. The fourth-order valence-corrected chi connectivity index (χ4v) is 5.87. The molecule has 4 amide bonds. The lowest BCUT2D eigenvalue weighted by Gasteiger charge is -2.42. The van der Waals surface area contributed by atoms with Crippen LogP contribution in [0.25, 0.3) is 0 Å². The maximum Gasteiger partial charge on any atom is 0.323 e. The number of likely N-dealkylation sites (tertiary alicyclic amines) is 1. The van der Waals surface area contributed by atoms with E-state index in [1.807, 2.05) is 0 Å². The summed E-state index contributed by atoms with van der Waals surface area (Å²) in [5.74, 6) is 0.200. The van der Waals surface area contributed by atoms with Gasteiger partial charge in [0.05, 0.1) is 24.1 Å². The molecule has 0 unspecified atom stereocenters. The van der Waals surface area contributed by atoms with Crippen molar-refractivity contribution in [3.05, 3.63) is 53.1 Å². The molecule has 3 heterocycles. The minimum Gasteiger partial charge on any atom is -0.490 e. The number of carbonyl (C=O) groups is 3. The number of carbonyl (C=O) groups excluding carboxylic acids is 3. The normalized spacial score (nSPS) is 22.8. The zero-order valence-corrected chi connectivity index (χ0v) is 24.1. The molecule has 2 aromatic rings. The van der Waals surface area contributed by atoms with E-state index in [4.69, 9.17) is 21.1 Å². The van der Waals surface area contributed by atoms with Gasteiger partial charge in [0.25, 0.3) is 5.91 Å². The Balaban J connectivity index is 1.15. The van der Waals surface area contributed by atoms with E-state index in [1.165, 1.54) is 19.3 Å². The molecule has 10 nitrogen and oxygen atoms in total. The van der Waals surface area contributed by atoms with Crippen LogP contribution >= 0.6 is 11.6 Å². The van der Waals surface area contributed by atoms with Crippen molar-refractivity contribution in [1.82, 2.24) is 15.1 Å². The van der Waals surface area contributed by atoms with Crippen LogP contribution in [-0.2, 0) is 9.53 Å². The van der Waals surface area contributed by atoms with Crippen molar-refractivity contribution in [3.63, 3.8) is 0 Å². The van der Waals surface area contributed by atoms with Crippen molar-refractivity contribution in [2.45, 2.75) is 56.8 Å². The molecule has 41 heavy (non-hydrogen) atoms. The van der Waals surface area contributed by atoms with Crippen LogP contribution in [0.4, 0.5) is 16.2 Å². The Labute approximate surface area is 245 Å². The molecule has 2 aromatic carbocycles. The first-order valence-electron chi connectivity index (χ1n) is 14.4. The van der Waals surface area contributed by atoms with E-state index in [0.717, 1.165) is 19.6 Å². The average molecular weight is 584 g/mol.